The van der Waals surface area contributed by atoms with E-state index in [0.717, 1.165) is 0 Å². The van der Waals surface area contributed by atoms with Crippen LogP contribution in [-0.2, 0) is 12.5 Å². The van der Waals surface area contributed by atoms with Gasteiger partial charge in [-0.2, -0.15) is 4.57 Å². The molecule has 0 fully saturated rings. The fraction of sp³-hybridized carbons (Fsp3) is 0.346. The number of rotatable bonds is 2. The quantitative estimate of drug-likeness (QED) is 0.364. The molecule has 144 valence electrons. The number of nitrogens with zero attached hydrogens (tertiary/aromatic N) is 2. The molecule has 0 aliphatic heterocycles. The van der Waals surface area contributed by atoms with Crippen molar-refractivity contribution in [3.05, 3.63) is 71.4 Å². The highest BCUT2D eigenvalue weighted by atomic mass is 15.1. The molecule has 0 amide bonds. The van der Waals surface area contributed by atoms with Gasteiger partial charge in [-0.3, -0.25) is 0 Å². The number of benzene rings is 2. The molecule has 0 bridgehead atoms. The summed E-state index contributed by atoms with van der Waals surface area (Å²) in [5, 5.41) is 2.65. The lowest BCUT2D eigenvalue weighted by Gasteiger charge is -2.19. The molecule has 2 nitrogen and oxygen atoms in total. The molecular formula is C26H31N2+. The van der Waals surface area contributed by atoms with Crippen LogP contribution in [0.5, 0.6) is 0 Å². The van der Waals surface area contributed by atoms with Crippen LogP contribution in [0.3, 0.4) is 0 Å². The summed E-state index contributed by atoms with van der Waals surface area (Å²) >= 11 is 0. The second-order valence-electron chi connectivity index (χ2n) is 9.32. The van der Waals surface area contributed by atoms with Crippen LogP contribution < -0.4 is 4.57 Å². The van der Waals surface area contributed by atoms with E-state index >= 15 is 0 Å². The Hall–Kier alpha value is -2.61. The van der Waals surface area contributed by atoms with Crippen molar-refractivity contribution in [3.63, 3.8) is 0 Å². The molecule has 0 N–H and O–H groups in total. The number of hydrogen-bond donors (Lipinski definition) is 0. The molecule has 4 rings (SSSR count). The van der Waals surface area contributed by atoms with Crippen molar-refractivity contribution in [2.75, 3.05) is 0 Å². The highest BCUT2D eigenvalue weighted by Crippen LogP contribution is 2.36. The zero-order chi connectivity index (χ0) is 20.2. The van der Waals surface area contributed by atoms with E-state index in [4.69, 9.17) is 0 Å². The largest absolute Gasteiger partial charge is 0.286 e. The van der Waals surface area contributed by atoms with Gasteiger partial charge in [-0.05, 0) is 53.6 Å². The second kappa shape index (κ2) is 6.48. The Morgan fingerprint density at radius 3 is 2.25 bits per heavy atom. The molecule has 4 aromatic rings. The Kier molecular flexibility index (Phi) is 4.33. The van der Waals surface area contributed by atoms with E-state index < -0.39 is 0 Å². The standard InChI is InChI=1S/C26H31N2/c1-17(2)20-13-14-22-21-10-8-9-11-23(21)28(25(22)18(20)3)24-15-12-19(16-27(24)7)26(4,5)6/h8-17H,1-7H3/q+1. The van der Waals surface area contributed by atoms with Crippen LogP contribution in [0.25, 0.3) is 27.6 Å². The zero-order valence-corrected chi connectivity index (χ0v) is 18.2. The van der Waals surface area contributed by atoms with Crippen LogP contribution in [0, 0.1) is 6.92 Å². The number of aromatic nitrogens is 2. The summed E-state index contributed by atoms with van der Waals surface area (Å²) in [5.74, 6) is 1.70. The lowest BCUT2D eigenvalue weighted by atomic mass is 9.88. The molecule has 2 heteroatoms. The van der Waals surface area contributed by atoms with Gasteiger partial charge in [-0.1, -0.05) is 52.8 Å². The molecule has 28 heavy (non-hydrogen) atoms. The van der Waals surface area contributed by atoms with Crippen LogP contribution in [0.15, 0.2) is 54.7 Å². The van der Waals surface area contributed by atoms with Crippen molar-refractivity contribution >= 4 is 21.8 Å². The first-order valence-electron chi connectivity index (χ1n) is 10.2. The fourth-order valence-corrected chi connectivity index (χ4v) is 4.38. The summed E-state index contributed by atoms with van der Waals surface area (Å²) in [4.78, 5) is 0. The predicted molar refractivity (Wildman–Crippen MR) is 119 cm³/mol. The van der Waals surface area contributed by atoms with Crippen molar-refractivity contribution in [2.45, 2.75) is 52.9 Å². The summed E-state index contributed by atoms with van der Waals surface area (Å²) in [6.45, 7) is 13.6. The first kappa shape index (κ1) is 18.7. The monoisotopic (exact) mass is 371 g/mol. The highest BCUT2D eigenvalue weighted by molar-refractivity contribution is 6.10. The van der Waals surface area contributed by atoms with E-state index in [1.54, 1.807) is 0 Å². The minimum Gasteiger partial charge on any atom is -0.236 e. The zero-order valence-electron chi connectivity index (χ0n) is 18.2. The van der Waals surface area contributed by atoms with Crippen LogP contribution in [0.4, 0.5) is 0 Å². The number of para-hydroxylation sites is 1. The molecule has 0 unspecified atom stereocenters. The number of fused-ring (bicyclic) bond motifs is 3. The normalized spacial score (nSPS) is 12.4. The molecule has 2 aromatic carbocycles. The lowest BCUT2D eigenvalue weighted by Crippen LogP contribution is -2.35. The van der Waals surface area contributed by atoms with E-state index in [-0.39, 0.29) is 5.41 Å². The predicted octanol–water partition coefficient (Wildman–Crippen LogP) is 6.34. The molecule has 0 radical (unpaired) electrons. The van der Waals surface area contributed by atoms with Crippen LogP contribution in [0.2, 0.25) is 0 Å². The maximum absolute atomic E-state index is 2.44. The molecule has 2 heterocycles. The minimum absolute atomic E-state index is 0.137. The number of pyridine rings is 1. The lowest BCUT2D eigenvalue weighted by molar-refractivity contribution is -0.666. The third-order valence-electron chi connectivity index (χ3n) is 5.95. The van der Waals surface area contributed by atoms with Gasteiger partial charge in [-0.15, -0.1) is 0 Å². The van der Waals surface area contributed by atoms with E-state index in [1.165, 1.54) is 44.3 Å². The third kappa shape index (κ3) is 2.83. The van der Waals surface area contributed by atoms with E-state index in [2.05, 4.69) is 112 Å². The van der Waals surface area contributed by atoms with E-state index in [0.29, 0.717) is 5.92 Å². The summed E-state index contributed by atoms with van der Waals surface area (Å²) < 4.78 is 4.71. The third-order valence-corrected chi connectivity index (χ3v) is 5.95. The van der Waals surface area contributed by atoms with E-state index in [1.807, 2.05) is 0 Å². The maximum Gasteiger partial charge on any atom is 0.286 e. The Morgan fingerprint density at radius 2 is 1.61 bits per heavy atom. The van der Waals surface area contributed by atoms with Gasteiger partial charge in [0.1, 0.15) is 11.0 Å². The number of hydrogen-bond acceptors (Lipinski definition) is 0. The minimum atomic E-state index is 0.137. The van der Waals surface area contributed by atoms with Gasteiger partial charge in [0.05, 0.1) is 13.2 Å². The van der Waals surface area contributed by atoms with Crippen molar-refractivity contribution < 1.29 is 4.57 Å². The average Bonchev–Trinajstić information content (AvgIpc) is 2.96. The Labute approximate surface area is 168 Å². The summed E-state index contributed by atoms with van der Waals surface area (Å²) in [5.41, 5.74) is 6.87. The molecule has 0 saturated heterocycles. The highest BCUT2D eigenvalue weighted by Gasteiger charge is 2.25. The summed E-state index contributed by atoms with van der Waals surface area (Å²) in [7, 11) is 2.16. The molecule has 0 aliphatic carbocycles. The van der Waals surface area contributed by atoms with Gasteiger partial charge in [0.25, 0.3) is 5.82 Å². The first-order chi connectivity index (χ1) is 13.2. The van der Waals surface area contributed by atoms with Gasteiger partial charge < -0.3 is 0 Å². The van der Waals surface area contributed by atoms with E-state index in [9.17, 15) is 0 Å². The van der Waals surface area contributed by atoms with Crippen LogP contribution in [-0.4, -0.2) is 4.57 Å². The molecule has 2 aromatic heterocycles. The topological polar surface area (TPSA) is 8.81 Å². The van der Waals surface area contributed by atoms with Crippen LogP contribution >= 0.6 is 0 Å². The Balaban J connectivity index is 2.12. The van der Waals surface area contributed by atoms with Gasteiger partial charge in [0.2, 0.25) is 0 Å². The molecule has 0 spiro atoms. The Bertz CT molecular complexity index is 1190. The molecule has 0 saturated carbocycles. The SMILES string of the molecule is Cc1c(C(C)C)ccc2c3ccccc3n(-c3ccc(C(C)(C)C)c[n+]3C)c12. The second-order valence-corrected chi connectivity index (χ2v) is 9.32. The van der Waals surface area contributed by atoms with Gasteiger partial charge in [0, 0.05) is 22.4 Å². The smallest absolute Gasteiger partial charge is 0.236 e. The van der Waals surface area contributed by atoms with Gasteiger partial charge in [0.15, 0.2) is 0 Å². The average molecular weight is 372 g/mol. The summed E-state index contributed by atoms with van der Waals surface area (Å²) in [6.07, 6.45) is 2.28. The van der Waals surface area contributed by atoms with Crippen molar-refractivity contribution in [1.29, 1.82) is 0 Å². The maximum atomic E-state index is 2.44. The number of aryl methyl sites for hydroxylation is 2. The molecule has 0 aliphatic rings. The van der Waals surface area contributed by atoms with Gasteiger partial charge >= 0.3 is 0 Å². The van der Waals surface area contributed by atoms with Crippen molar-refractivity contribution in [3.8, 4) is 5.82 Å². The Morgan fingerprint density at radius 1 is 0.893 bits per heavy atom. The summed E-state index contributed by atoms with van der Waals surface area (Å²) in [6, 6.07) is 17.9. The van der Waals surface area contributed by atoms with Crippen LogP contribution in [0.1, 0.15) is 57.2 Å². The first-order valence-corrected chi connectivity index (χ1v) is 10.2. The van der Waals surface area contributed by atoms with Gasteiger partial charge in [-0.25, -0.2) is 4.57 Å². The molecule has 0 atom stereocenters. The van der Waals surface area contributed by atoms with Crippen molar-refractivity contribution in [2.24, 2.45) is 7.05 Å². The molecular weight excluding hydrogens is 340 g/mol. The van der Waals surface area contributed by atoms with Crippen molar-refractivity contribution in [1.82, 2.24) is 4.57 Å². The fourth-order valence-electron chi connectivity index (χ4n) is 4.38.